The Morgan fingerprint density at radius 1 is 1.24 bits per heavy atom. The first kappa shape index (κ1) is 12.9. The minimum Gasteiger partial charge on any atom is -0.479 e. The number of aliphatic carboxylic acids is 1. The smallest absolute Gasteiger partial charge is 0.334 e. The fourth-order valence-corrected chi connectivity index (χ4v) is 1.38. The molecule has 0 unspecified atom stereocenters. The van der Waals surface area contributed by atoms with Crippen molar-refractivity contribution in [1.82, 2.24) is 5.32 Å². The van der Waals surface area contributed by atoms with Gasteiger partial charge < -0.3 is 10.4 Å². The number of carboxylic acid groups (broad SMARTS) is 1. The van der Waals surface area contributed by atoms with Gasteiger partial charge in [0, 0.05) is 13.3 Å². The maximum atomic E-state index is 11.7. The molecular formula is C12H13NO4. The van der Waals surface area contributed by atoms with Crippen molar-refractivity contribution in [3.05, 3.63) is 35.9 Å². The SMILES string of the molecule is CC(=O)N[C@H](C(=O)O)C(=O)Cc1ccccc1. The number of hydrogen-bond acceptors (Lipinski definition) is 3. The molecule has 0 saturated carbocycles. The molecule has 5 heteroatoms. The molecule has 1 amide bonds. The summed E-state index contributed by atoms with van der Waals surface area (Å²) in [5.74, 6) is -2.43. The summed E-state index contributed by atoms with van der Waals surface area (Å²) in [4.78, 5) is 33.3. The molecule has 0 saturated heterocycles. The number of carbonyl (C=O) groups excluding carboxylic acids is 2. The minimum absolute atomic E-state index is 0.0158. The highest BCUT2D eigenvalue weighted by Gasteiger charge is 2.26. The molecule has 1 aromatic carbocycles. The largest absolute Gasteiger partial charge is 0.479 e. The number of Topliss-reactive ketones (excluding diaryl/α,β-unsaturated/α-hetero) is 1. The van der Waals surface area contributed by atoms with Crippen LogP contribution in [0.25, 0.3) is 0 Å². The Morgan fingerprint density at radius 3 is 2.29 bits per heavy atom. The molecule has 2 N–H and O–H groups in total. The molecule has 0 aliphatic heterocycles. The summed E-state index contributed by atoms with van der Waals surface area (Å²) < 4.78 is 0. The molecule has 1 rings (SSSR count). The van der Waals surface area contributed by atoms with Gasteiger partial charge in [-0.2, -0.15) is 0 Å². The second-order valence-electron chi connectivity index (χ2n) is 3.60. The van der Waals surface area contributed by atoms with Gasteiger partial charge in [-0.3, -0.25) is 9.59 Å². The lowest BCUT2D eigenvalue weighted by atomic mass is 10.0. The van der Waals surface area contributed by atoms with Crippen molar-refractivity contribution in [3.63, 3.8) is 0 Å². The molecule has 0 aromatic heterocycles. The molecule has 0 heterocycles. The maximum absolute atomic E-state index is 11.7. The van der Waals surface area contributed by atoms with Crippen LogP contribution in [0.5, 0.6) is 0 Å². The first-order valence-corrected chi connectivity index (χ1v) is 5.07. The Morgan fingerprint density at radius 2 is 1.82 bits per heavy atom. The topological polar surface area (TPSA) is 83.5 Å². The van der Waals surface area contributed by atoms with E-state index in [2.05, 4.69) is 5.32 Å². The average molecular weight is 235 g/mol. The molecule has 0 aliphatic rings. The van der Waals surface area contributed by atoms with Gasteiger partial charge in [0.25, 0.3) is 0 Å². The van der Waals surface area contributed by atoms with Gasteiger partial charge in [-0.15, -0.1) is 0 Å². The summed E-state index contributed by atoms with van der Waals surface area (Å²) in [6.45, 7) is 1.17. The third kappa shape index (κ3) is 4.06. The Labute approximate surface area is 98.4 Å². The molecule has 0 spiro atoms. The lowest BCUT2D eigenvalue weighted by Gasteiger charge is -2.11. The maximum Gasteiger partial charge on any atom is 0.334 e. The predicted octanol–water partition coefficient (Wildman–Crippen LogP) is 0.387. The third-order valence-electron chi connectivity index (χ3n) is 2.14. The lowest BCUT2D eigenvalue weighted by Crippen LogP contribution is -2.46. The van der Waals surface area contributed by atoms with E-state index < -0.39 is 23.7 Å². The molecule has 17 heavy (non-hydrogen) atoms. The average Bonchev–Trinajstić information content (AvgIpc) is 2.26. The van der Waals surface area contributed by atoms with Crippen molar-refractivity contribution in [2.75, 3.05) is 0 Å². The van der Waals surface area contributed by atoms with E-state index in [1.165, 1.54) is 6.92 Å². The van der Waals surface area contributed by atoms with Gasteiger partial charge in [0.1, 0.15) is 0 Å². The number of carboxylic acids is 1. The van der Waals surface area contributed by atoms with E-state index in [-0.39, 0.29) is 6.42 Å². The van der Waals surface area contributed by atoms with Gasteiger partial charge in [0.2, 0.25) is 5.91 Å². The van der Waals surface area contributed by atoms with Gasteiger partial charge in [-0.05, 0) is 5.56 Å². The fourth-order valence-electron chi connectivity index (χ4n) is 1.38. The Kier molecular flexibility index (Phi) is 4.39. The molecule has 0 bridgehead atoms. The van der Waals surface area contributed by atoms with E-state index in [1.807, 2.05) is 0 Å². The Bertz CT molecular complexity index is 427. The summed E-state index contributed by atoms with van der Waals surface area (Å²) in [6, 6.07) is 7.30. The highest BCUT2D eigenvalue weighted by molar-refractivity contribution is 6.05. The molecule has 5 nitrogen and oxygen atoms in total. The molecule has 1 aromatic rings. The number of nitrogens with one attached hydrogen (secondary N) is 1. The van der Waals surface area contributed by atoms with Crippen LogP contribution in [0.3, 0.4) is 0 Å². The van der Waals surface area contributed by atoms with E-state index in [0.717, 1.165) is 0 Å². The van der Waals surface area contributed by atoms with E-state index in [4.69, 9.17) is 5.11 Å². The van der Waals surface area contributed by atoms with Crippen LogP contribution in [0.15, 0.2) is 30.3 Å². The van der Waals surface area contributed by atoms with Crippen LogP contribution in [-0.4, -0.2) is 28.8 Å². The predicted molar refractivity (Wildman–Crippen MR) is 60.4 cm³/mol. The van der Waals surface area contributed by atoms with Crippen LogP contribution in [0.4, 0.5) is 0 Å². The molecule has 0 aliphatic carbocycles. The van der Waals surface area contributed by atoms with Crippen LogP contribution >= 0.6 is 0 Å². The second kappa shape index (κ2) is 5.79. The van der Waals surface area contributed by atoms with Gasteiger partial charge in [-0.1, -0.05) is 30.3 Å². The fraction of sp³-hybridized carbons (Fsp3) is 0.250. The number of ketones is 1. The van der Waals surface area contributed by atoms with Gasteiger partial charge >= 0.3 is 5.97 Å². The second-order valence-corrected chi connectivity index (χ2v) is 3.60. The van der Waals surface area contributed by atoms with Gasteiger partial charge in [-0.25, -0.2) is 4.79 Å². The van der Waals surface area contributed by atoms with Crippen molar-refractivity contribution in [2.45, 2.75) is 19.4 Å². The zero-order chi connectivity index (χ0) is 12.8. The van der Waals surface area contributed by atoms with Gasteiger partial charge in [0.05, 0.1) is 0 Å². The molecule has 90 valence electrons. The summed E-state index contributed by atoms with van der Waals surface area (Å²) in [5, 5.41) is 10.9. The van der Waals surface area contributed by atoms with E-state index >= 15 is 0 Å². The Balaban J connectivity index is 2.72. The van der Waals surface area contributed by atoms with Crippen molar-refractivity contribution in [2.24, 2.45) is 0 Å². The van der Waals surface area contributed by atoms with Crippen LogP contribution in [0, 0.1) is 0 Å². The quantitative estimate of drug-likeness (QED) is 0.723. The summed E-state index contributed by atoms with van der Waals surface area (Å²) in [7, 11) is 0. The molecular weight excluding hydrogens is 222 g/mol. The van der Waals surface area contributed by atoms with E-state index in [0.29, 0.717) is 5.56 Å². The number of carbonyl (C=O) groups is 3. The zero-order valence-corrected chi connectivity index (χ0v) is 9.34. The standard InChI is InChI=1S/C12H13NO4/c1-8(14)13-11(12(16)17)10(15)7-9-5-3-2-4-6-9/h2-6,11H,7H2,1H3,(H,13,14)(H,16,17)/t11-/m0/s1. The third-order valence-corrected chi connectivity index (χ3v) is 2.14. The summed E-state index contributed by atoms with van der Waals surface area (Å²) in [5.41, 5.74) is 0.717. The van der Waals surface area contributed by atoms with Crippen LogP contribution in [-0.2, 0) is 20.8 Å². The zero-order valence-electron chi connectivity index (χ0n) is 9.34. The summed E-state index contributed by atoms with van der Waals surface area (Å²) >= 11 is 0. The number of rotatable bonds is 5. The van der Waals surface area contributed by atoms with E-state index in [1.54, 1.807) is 30.3 Å². The highest BCUT2D eigenvalue weighted by Crippen LogP contribution is 2.02. The van der Waals surface area contributed by atoms with Crippen molar-refractivity contribution in [3.8, 4) is 0 Å². The lowest BCUT2D eigenvalue weighted by molar-refractivity contribution is -0.145. The van der Waals surface area contributed by atoms with E-state index in [9.17, 15) is 14.4 Å². The van der Waals surface area contributed by atoms with Crippen molar-refractivity contribution in [1.29, 1.82) is 0 Å². The monoisotopic (exact) mass is 235 g/mol. The number of benzene rings is 1. The van der Waals surface area contributed by atoms with Crippen LogP contribution in [0.1, 0.15) is 12.5 Å². The number of hydrogen-bond donors (Lipinski definition) is 2. The van der Waals surface area contributed by atoms with Crippen LogP contribution < -0.4 is 5.32 Å². The van der Waals surface area contributed by atoms with Crippen molar-refractivity contribution >= 4 is 17.7 Å². The summed E-state index contributed by atoms with van der Waals surface area (Å²) in [6.07, 6.45) is -0.0158. The Hall–Kier alpha value is -2.17. The molecule has 0 radical (unpaired) electrons. The van der Waals surface area contributed by atoms with Gasteiger partial charge in [0.15, 0.2) is 11.8 Å². The normalized spacial score (nSPS) is 11.6. The van der Waals surface area contributed by atoms with Crippen LogP contribution in [0.2, 0.25) is 0 Å². The van der Waals surface area contributed by atoms with Crippen molar-refractivity contribution < 1.29 is 19.5 Å². The molecule has 1 atom stereocenters. The highest BCUT2D eigenvalue weighted by atomic mass is 16.4. The first-order valence-electron chi connectivity index (χ1n) is 5.07. The minimum atomic E-state index is -1.48. The first-order chi connectivity index (χ1) is 8.00. The number of amides is 1. The molecule has 0 fully saturated rings.